The molecule has 0 aromatic heterocycles. The number of hydrogen-bond acceptors (Lipinski definition) is 2. The van der Waals surface area contributed by atoms with Crippen molar-refractivity contribution >= 4 is 17.4 Å². The van der Waals surface area contributed by atoms with Crippen molar-refractivity contribution < 1.29 is 0 Å². The van der Waals surface area contributed by atoms with Crippen LogP contribution in [0.25, 0.3) is 0 Å². The van der Waals surface area contributed by atoms with Crippen LogP contribution in [0, 0.1) is 0 Å². The highest BCUT2D eigenvalue weighted by molar-refractivity contribution is 8.03. The molecule has 0 fully saturated rings. The van der Waals surface area contributed by atoms with Gasteiger partial charge >= 0.3 is 0 Å². The third-order valence-corrected chi connectivity index (χ3v) is 3.60. The standard InChI is InChI=1S/C11H13NS/c1-3-10-8(2)12-9-6-4-5-7-11(9)13-10/h4-7,12H,3H2,1-2H3. The SMILES string of the molecule is CCC1=C(C)Nc2ccccc2S1. The van der Waals surface area contributed by atoms with E-state index in [9.17, 15) is 0 Å². The van der Waals surface area contributed by atoms with Gasteiger partial charge in [-0.15, -0.1) is 0 Å². The van der Waals surface area contributed by atoms with Gasteiger partial charge in [0.1, 0.15) is 0 Å². The van der Waals surface area contributed by atoms with Crippen LogP contribution in [0.4, 0.5) is 5.69 Å². The average molecular weight is 191 g/mol. The quantitative estimate of drug-likeness (QED) is 0.723. The zero-order chi connectivity index (χ0) is 9.26. The lowest BCUT2D eigenvalue weighted by molar-refractivity contribution is 1.13. The molecule has 2 heteroatoms. The normalized spacial score (nSPS) is 15.2. The van der Waals surface area contributed by atoms with E-state index in [4.69, 9.17) is 0 Å². The molecular formula is C11H13NS. The first kappa shape index (κ1) is 8.70. The van der Waals surface area contributed by atoms with E-state index < -0.39 is 0 Å². The Kier molecular flexibility index (Phi) is 2.32. The summed E-state index contributed by atoms with van der Waals surface area (Å²) in [5.74, 6) is 0. The van der Waals surface area contributed by atoms with Crippen LogP contribution in [0.1, 0.15) is 20.3 Å². The predicted octanol–water partition coefficient (Wildman–Crippen LogP) is 3.85. The summed E-state index contributed by atoms with van der Waals surface area (Å²) in [6.07, 6.45) is 1.11. The van der Waals surface area contributed by atoms with Gasteiger partial charge in [0, 0.05) is 15.5 Å². The lowest BCUT2D eigenvalue weighted by Gasteiger charge is -2.21. The van der Waals surface area contributed by atoms with Crippen LogP contribution in [-0.2, 0) is 0 Å². The Bertz CT molecular complexity index is 355. The summed E-state index contributed by atoms with van der Waals surface area (Å²) in [5, 5.41) is 3.42. The molecule has 0 radical (unpaired) electrons. The molecule has 0 saturated carbocycles. The Balaban J connectivity index is 2.37. The van der Waals surface area contributed by atoms with Crippen molar-refractivity contribution in [2.75, 3.05) is 5.32 Å². The van der Waals surface area contributed by atoms with Gasteiger partial charge in [-0.25, -0.2) is 0 Å². The second-order valence-electron chi connectivity index (χ2n) is 3.12. The van der Waals surface area contributed by atoms with Gasteiger partial charge in [-0.2, -0.15) is 0 Å². The number of fused-ring (bicyclic) bond motifs is 1. The van der Waals surface area contributed by atoms with Crippen LogP contribution >= 0.6 is 11.8 Å². The highest BCUT2D eigenvalue weighted by Gasteiger charge is 2.13. The van der Waals surface area contributed by atoms with Gasteiger partial charge in [-0.3, -0.25) is 0 Å². The van der Waals surface area contributed by atoms with Gasteiger partial charge in [0.05, 0.1) is 5.69 Å². The fourth-order valence-corrected chi connectivity index (χ4v) is 2.47. The molecule has 0 spiro atoms. The molecule has 1 aliphatic rings. The van der Waals surface area contributed by atoms with Gasteiger partial charge in [0.25, 0.3) is 0 Å². The zero-order valence-corrected chi connectivity index (χ0v) is 8.74. The zero-order valence-electron chi connectivity index (χ0n) is 7.92. The molecule has 1 aromatic carbocycles. The number of thioether (sulfide) groups is 1. The third kappa shape index (κ3) is 1.59. The number of hydrogen-bond donors (Lipinski definition) is 1. The molecule has 1 aliphatic heterocycles. The van der Waals surface area contributed by atoms with Crippen molar-refractivity contribution in [1.82, 2.24) is 0 Å². The molecule has 1 aromatic rings. The summed E-state index contributed by atoms with van der Waals surface area (Å²) in [4.78, 5) is 2.78. The van der Waals surface area contributed by atoms with Crippen LogP contribution < -0.4 is 5.32 Å². The minimum Gasteiger partial charge on any atom is -0.358 e. The maximum absolute atomic E-state index is 3.42. The molecule has 13 heavy (non-hydrogen) atoms. The summed E-state index contributed by atoms with van der Waals surface area (Å²) >= 11 is 1.88. The van der Waals surface area contributed by atoms with Crippen molar-refractivity contribution in [2.45, 2.75) is 25.2 Å². The maximum Gasteiger partial charge on any atom is 0.0523 e. The first-order valence-electron chi connectivity index (χ1n) is 4.55. The topological polar surface area (TPSA) is 12.0 Å². The molecule has 0 aliphatic carbocycles. The fourth-order valence-electron chi connectivity index (χ4n) is 1.48. The molecule has 68 valence electrons. The largest absolute Gasteiger partial charge is 0.358 e. The number of rotatable bonds is 1. The minimum absolute atomic E-state index is 1.11. The number of nitrogens with one attached hydrogen (secondary N) is 1. The number of benzene rings is 1. The molecule has 0 bridgehead atoms. The van der Waals surface area contributed by atoms with E-state index in [1.807, 2.05) is 11.8 Å². The molecule has 0 saturated heterocycles. The molecule has 0 atom stereocenters. The van der Waals surface area contributed by atoms with E-state index in [2.05, 4.69) is 43.4 Å². The first-order chi connectivity index (χ1) is 6.31. The number of para-hydroxylation sites is 1. The number of anilines is 1. The highest BCUT2D eigenvalue weighted by Crippen LogP contribution is 2.40. The second-order valence-corrected chi connectivity index (χ2v) is 4.26. The van der Waals surface area contributed by atoms with Gasteiger partial charge < -0.3 is 5.32 Å². The average Bonchev–Trinajstić information content (AvgIpc) is 2.17. The smallest absolute Gasteiger partial charge is 0.0523 e. The fraction of sp³-hybridized carbons (Fsp3) is 0.273. The van der Waals surface area contributed by atoms with E-state index in [0.29, 0.717) is 0 Å². The molecular weight excluding hydrogens is 178 g/mol. The van der Waals surface area contributed by atoms with E-state index in [1.165, 1.54) is 21.2 Å². The van der Waals surface area contributed by atoms with Crippen molar-refractivity contribution in [2.24, 2.45) is 0 Å². The van der Waals surface area contributed by atoms with E-state index in [-0.39, 0.29) is 0 Å². The molecule has 0 unspecified atom stereocenters. The summed E-state index contributed by atoms with van der Waals surface area (Å²) in [5.41, 5.74) is 2.54. The number of allylic oxidation sites excluding steroid dienone is 2. The Labute approximate surface area is 83.2 Å². The Hall–Kier alpha value is -0.890. The lowest BCUT2D eigenvalue weighted by Crippen LogP contribution is -2.04. The third-order valence-electron chi connectivity index (χ3n) is 2.18. The van der Waals surface area contributed by atoms with E-state index in [0.717, 1.165) is 6.42 Å². The maximum atomic E-state index is 3.42. The first-order valence-corrected chi connectivity index (χ1v) is 5.36. The lowest BCUT2D eigenvalue weighted by atomic mass is 10.3. The molecule has 1 nitrogen and oxygen atoms in total. The minimum atomic E-state index is 1.11. The van der Waals surface area contributed by atoms with Gasteiger partial charge in [0.2, 0.25) is 0 Å². The van der Waals surface area contributed by atoms with Crippen molar-refractivity contribution in [3.8, 4) is 0 Å². The summed E-state index contributed by atoms with van der Waals surface area (Å²) in [6, 6.07) is 8.44. The van der Waals surface area contributed by atoms with E-state index in [1.54, 1.807) is 0 Å². The van der Waals surface area contributed by atoms with Gasteiger partial charge in [-0.1, -0.05) is 30.8 Å². The monoisotopic (exact) mass is 191 g/mol. The Morgan fingerprint density at radius 3 is 2.85 bits per heavy atom. The molecule has 1 heterocycles. The van der Waals surface area contributed by atoms with Crippen molar-refractivity contribution in [3.63, 3.8) is 0 Å². The molecule has 0 amide bonds. The highest BCUT2D eigenvalue weighted by atomic mass is 32.2. The Morgan fingerprint density at radius 1 is 1.31 bits per heavy atom. The molecule has 1 N–H and O–H groups in total. The Morgan fingerprint density at radius 2 is 2.08 bits per heavy atom. The van der Waals surface area contributed by atoms with Crippen LogP contribution in [0.2, 0.25) is 0 Å². The van der Waals surface area contributed by atoms with Crippen molar-refractivity contribution in [3.05, 3.63) is 34.9 Å². The van der Waals surface area contributed by atoms with Crippen LogP contribution in [0.15, 0.2) is 39.8 Å². The van der Waals surface area contributed by atoms with Crippen LogP contribution in [0.5, 0.6) is 0 Å². The van der Waals surface area contributed by atoms with Gasteiger partial charge in [0.15, 0.2) is 0 Å². The summed E-state index contributed by atoms with van der Waals surface area (Å²) in [7, 11) is 0. The van der Waals surface area contributed by atoms with Crippen molar-refractivity contribution in [1.29, 1.82) is 0 Å². The predicted molar refractivity (Wildman–Crippen MR) is 58.9 cm³/mol. The summed E-state index contributed by atoms with van der Waals surface area (Å²) in [6.45, 7) is 4.34. The molecule has 2 rings (SSSR count). The van der Waals surface area contributed by atoms with E-state index >= 15 is 0 Å². The summed E-state index contributed by atoms with van der Waals surface area (Å²) < 4.78 is 0. The second kappa shape index (κ2) is 3.46. The van der Waals surface area contributed by atoms with Crippen LogP contribution in [0.3, 0.4) is 0 Å². The van der Waals surface area contributed by atoms with Gasteiger partial charge in [-0.05, 0) is 25.5 Å². The van der Waals surface area contributed by atoms with Crippen LogP contribution in [-0.4, -0.2) is 0 Å².